The fourth-order valence-electron chi connectivity index (χ4n) is 5.04. The van der Waals surface area contributed by atoms with Crippen molar-refractivity contribution in [2.45, 2.75) is 25.8 Å². The van der Waals surface area contributed by atoms with Crippen molar-refractivity contribution < 1.29 is 9.53 Å². The molecule has 8 nitrogen and oxygen atoms in total. The van der Waals surface area contributed by atoms with Crippen molar-refractivity contribution >= 4 is 33.3 Å². The first-order chi connectivity index (χ1) is 18.2. The number of aryl methyl sites for hydroxylation is 1. The molecule has 1 amide bonds. The number of amides is 1. The number of H-pyrrole nitrogens is 1. The molecule has 0 radical (unpaired) electrons. The fraction of sp³-hybridized carbons (Fsp3) is 0.241. The second-order valence-electron chi connectivity index (χ2n) is 9.41. The van der Waals surface area contributed by atoms with Crippen LogP contribution in [0.3, 0.4) is 0 Å². The van der Waals surface area contributed by atoms with Crippen LogP contribution in [0, 0.1) is 5.92 Å². The van der Waals surface area contributed by atoms with Crippen LogP contribution in [0.2, 0.25) is 0 Å². The predicted octanol–water partition coefficient (Wildman–Crippen LogP) is 5.01. The zero-order chi connectivity index (χ0) is 25.2. The summed E-state index contributed by atoms with van der Waals surface area (Å²) >= 11 is 0. The summed E-state index contributed by atoms with van der Waals surface area (Å²) in [5.74, 6) is 0.378. The van der Waals surface area contributed by atoms with Crippen molar-refractivity contribution in [1.29, 1.82) is 0 Å². The summed E-state index contributed by atoms with van der Waals surface area (Å²) in [6.45, 7) is 2.42. The molecule has 3 heterocycles. The zero-order valence-electron chi connectivity index (χ0n) is 20.3. The van der Waals surface area contributed by atoms with Crippen LogP contribution >= 0.6 is 0 Å². The van der Waals surface area contributed by atoms with Gasteiger partial charge in [-0.1, -0.05) is 48.5 Å². The molecule has 1 fully saturated rings. The zero-order valence-corrected chi connectivity index (χ0v) is 20.3. The smallest absolute Gasteiger partial charge is 0.276 e. The van der Waals surface area contributed by atoms with Gasteiger partial charge in [0, 0.05) is 41.8 Å². The third-order valence-electron chi connectivity index (χ3n) is 7.08. The molecule has 2 aromatic heterocycles. The largest absolute Gasteiger partial charge is 0.381 e. The third kappa shape index (κ3) is 4.63. The van der Waals surface area contributed by atoms with Crippen LogP contribution in [0.4, 0.5) is 5.69 Å². The maximum atomic E-state index is 13.3. The highest BCUT2D eigenvalue weighted by molar-refractivity contribution is 6.11. The summed E-state index contributed by atoms with van der Waals surface area (Å²) in [7, 11) is 0. The quantitative estimate of drug-likeness (QED) is 0.346. The maximum absolute atomic E-state index is 13.3. The highest BCUT2D eigenvalue weighted by Crippen LogP contribution is 2.27. The number of hydrogen-bond acceptors (Lipinski definition) is 5. The van der Waals surface area contributed by atoms with Crippen molar-refractivity contribution in [3.05, 3.63) is 88.8 Å². The monoisotopic (exact) mass is 493 g/mol. The lowest BCUT2D eigenvalue weighted by atomic mass is 9.97. The highest BCUT2D eigenvalue weighted by atomic mass is 16.5. The lowest BCUT2D eigenvalue weighted by Gasteiger charge is -2.21. The number of anilines is 1. The Bertz CT molecular complexity index is 1630. The topological polar surface area (TPSA) is 102 Å². The van der Waals surface area contributed by atoms with Gasteiger partial charge in [-0.2, -0.15) is 10.2 Å². The molecule has 1 aliphatic rings. The number of rotatable bonds is 6. The molecule has 0 unspecified atom stereocenters. The van der Waals surface area contributed by atoms with Gasteiger partial charge in [-0.05, 0) is 49.4 Å². The average molecular weight is 494 g/mol. The minimum atomic E-state index is -0.249. The third-order valence-corrected chi connectivity index (χ3v) is 7.08. The Balaban J connectivity index is 1.22. The van der Waals surface area contributed by atoms with Crippen molar-refractivity contribution in [2.24, 2.45) is 5.92 Å². The maximum Gasteiger partial charge on any atom is 0.276 e. The molecule has 1 saturated heterocycles. The molecule has 6 rings (SSSR count). The molecule has 8 heteroatoms. The van der Waals surface area contributed by atoms with Gasteiger partial charge < -0.3 is 10.1 Å². The molecule has 2 N–H and O–H groups in total. The number of fused-ring (bicyclic) bond motifs is 2. The van der Waals surface area contributed by atoms with Gasteiger partial charge in [-0.3, -0.25) is 14.3 Å². The average Bonchev–Trinajstić information content (AvgIpc) is 3.32. The van der Waals surface area contributed by atoms with Gasteiger partial charge in [-0.15, -0.1) is 0 Å². The van der Waals surface area contributed by atoms with E-state index in [1.54, 1.807) is 6.07 Å². The molecule has 0 saturated carbocycles. The SMILES string of the molecule is O=C(Nc1ccc(-c2n[nH]c(=O)c3ccccc23)cc1)c1nn(CCC2CCOCC2)c2ccccc12. The lowest BCUT2D eigenvalue weighted by Crippen LogP contribution is -2.18. The molecule has 0 bridgehead atoms. The molecule has 37 heavy (non-hydrogen) atoms. The van der Waals surface area contributed by atoms with Crippen molar-refractivity contribution in [3.8, 4) is 11.3 Å². The molecule has 3 aromatic carbocycles. The van der Waals surface area contributed by atoms with Crippen LogP contribution in [-0.2, 0) is 11.3 Å². The summed E-state index contributed by atoms with van der Waals surface area (Å²) in [5.41, 5.74) is 3.34. The Kier molecular flexibility index (Phi) is 6.24. The van der Waals surface area contributed by atoms with E-state index in [2.05, 4.69) is 15.5 Å². The Morgan fingerprint density at radius 2 is 1.65 bits per heavy atom. The molecular weight excluding hydrogens is 466 g/mol. The summed E-state index contributed by atoms with van der Waals surface area (Å²) in [5, 5.41) is 16.7. The Morgan fingerprint density at radius 1 is 0.946 bits per heavy atom. The highest BCUT2D eigenvalue weighted by Gasteiger charge is 2.19. The molecule has 0 atom stereocenters. The number of para-hydroxylation sites is 1. The first-order valence-corrected chi connectivity index (χ1v) is 12.6. The molecule has 186 valence electrons. The number of aromatic amines is 1. The number of aromatic nitrogens is 4. The van der Waals surface area contributed by atoms with E-state index in [0.717, 1.165) is 60.9 Å². The second-order valence-corrected chi connectivity index (χ2v) is 9.41. The van der Waals surface area contributed by atoms with Crippen molar-refractivity contribution in [2.75, 3.05) is 18.5 Å². The molecule has 5 aromatic rings. The summed E-state index contributed by atoms with van der Waals surface area (Å²) < 4.78 is 7.43. The van der Waals surface area contributed by atoms with Crippen LogP contribution in [0.1, 0.15) is 29.8 Å². The van der Waals surface area contributed by atoms with Crippen LogP contribution in [-0.4, -0.2) is 39.1 Å². The minimum Gasteiger partial charge on any atom is -0.381 e. The summed E-state index contributed by atoms with van der Waals surface area (Å²) in [6.07, 6.45) is 3.17. The van der Waals surface area contributed by atoms with E-state index >= 15 is 0 Å². The van der Waals surface area contributed by atoms with Crippen LogP contribution in [0.15, 0.2) is 77.6 Å². The predicted molar refractivity (Wildman–Crippen MR) is 144 cm³/mol. The number of hydrogen-bond donors (Lipinski definition) is 2. The van der Waals surface area contributed by atoms with E-state index in [0.29, 0.717) is 28.4 Å². The van der Waals surface area contributed by atoms with Gasteiger partial charge in [-0.25, -0.2) is 5.10 Å². The van der Waals surface area contributed by atoms with Crippen LogP contribution in [0.5, 0.6) is 0 Å². The number of nitrogens with one attached hydrogen (secondary N) is 2. The summed E-state index contributed by atoms with van der Waals surface area (Å²) in [6, 6.07) is 22.7. The van der Waals surface area contributed by atoms with Gasteiger partial charge in [0.15, 0.2) is 5.69 Å². The summed E-state index contributed by atoms with van der Waals surface area (Å²) in [4.78, 5) is 25.4. The molecule has 1 aliphatic heterocycles. The molecule has 0 aliphatic carbocycles. The van der Waals surface area contributed by atoms with Crippen molar-refractivity contribution in [3.63, 3.8) is 0 Å². The second kappa shape index (κ2) is 9.99. The van der Waals surface area contributed by atoms with Gasteiger partial charge >= 0.3 is 0 Å². The number of nitrogens with zero attached hydrogens (tertiary/aromatic N) is 3. The van der Waals surface area contributed by atoms with Gasteiger partial charge in [0.1, 0.15) is 0 Å². The first kappa shape index (κ1) is 23.1. The van der Waals surface area contributed by atoms with Crippen molar-refractivity contribution in [1.82, 2.24) is 20.0 Å². The van der Waals surface area contributed by atoms with Crippen LogP contribution < -0.4 is 10.9 Å². The normalized spacial score (nSPS) is 14.3. The minimum absolute atomic E-state index is 0.220. The fourth-order valence-corrected chi connectivity index (χ4v) is 5.04. The Morgan fingerprint density at radius 3 is 2.43 bits per heavy atom. The van der Waals surface area contributed by atoms with E-state index in [1.165, 1.54) is 0 Å². The number of benzene rings is 3. The lowest BCUT2D eigenvalue weighted by molar-refractivity contribution is 0.0624. The Labute approximate surface area is 213 Å². The van der Waals surface area contributed by atoms with E-state index in [4.69, 9.17) is 9.84 Å². The molecule has 0 spiro atoms. The first-order valence-electron chi connectivity index (χ1n) is 12.6. The van der Waals surface area contributed by atoms with Crippen LogP contribution in [0.25, 0.3) is 32.9 Å². The van der Waals surface area contributed by atoms with Gasteiger partial charge in [0.05, 0.1) is 16.6 Å². The van der Waals surface area contributed by atoms with E-state index in [1.807, 2.05) is 71.4 Å². The number of carbonyl (C=O) groups excluding carboxylic acids is 1. The van der Waals surface area contributed by atoms with E-state index < -0.39 is 0 Å². The number of ether oxygens (including phenoxy) is 1. The standard InChI is InChI=1S/C29H27N5O3/c35-28-23-6-2-1-5-22(23)26(31-32-28)20-9-11-21(12-10-20)30-29(36)27-24-7-3-4-8-25(24)34(33-27)16-13-19-14-17-37-18-15-19/h1-12,19H,13-18H2,(H,30,36)(H,32,35). The molecular formula is C29H27N5O3. The van der Waals surface area contributed by atoms with Gasteiger partial charge in [0.2, 0.25) is 0 Å². The van der Waals surface area contributed by atoms with E-state index in [-0.39, 0.29) is 11.5 Å². The van der Waals surface area contributed by atoms with Gasteiger partial charge in [0.25, 0.3) is 11.5 Å². The Hall–Kier alpha value is -4.30. The van der Waals surface area contributed by atoms with E-state index in [9.17, 15) is 9.59 Å². The number of carbonyl (C=O) groups is 1.